The highest BCUT2D eigenvalue weighted by atomic mass is 16.1. The van der Waals surface area contributed by atoms with Crippen LogP contribution in [0.2, 0.25) is 0 Å². The van der Waals surface area contributed by atoms with Crippen LogP contribution < -0.4 is 0 Å². The van der Waals surface area contributed by atoms with Gasteiger partial charge in [-0.3, -0.25) is 0 Å². The Hall–Kier alpha value is -0.880. The van der Waals surface area contributed by atoms with Crippen molar-refractivity contribution in [3.63, 3.8) is 0 Å². The molecular formula is C6H9NO. The molecule has 1 atom stereocenters. The van der Waals surface area contributed by atoms with Crippen molar-refractivity contribution in [2.75, 3.05) is 0 Å². The predicted octanol–water partition coefficient (Wildman–Crippen LogP) is 1.29. The first-order chi connectivity index (χ1) is 3.81. The summed E-state index contributed by atoms with van der Waals surface area (Å²) in [7, 11) is 0. The molecule has 2 nitrogen and oxygen atoms in total. The third kappa shape index (κ3) is 3.32. The van der Waals surface area contributed by atoms with Crippen molar-refractivity contribution < 1.29 is 4.79 Å². The Balaban J connectivity index is 3.64. The number of rotatable bonds is 2. The summed E-state index contributed by atoms with van der Waals surface area (Å²) in [5, 5.41) is 0. The number of isocyanates is 1. The molecule has 0 aromatic rings. The van der Waals surface area contributed by atoms with Crippen LogP contribution in [0, 0.1) is 0 Å². The fraction of sp³-hybridized carbons (Fsp3) is 0.500. The first-order valence-corrected chi connectivity index (χ1v) is 2.51. The van der Waals surface area contributed by atoms with Crippen LogP contribution in [0.1, 0.15) is 13.8 Å². The van der Waals surface area contributed by atoms with Gasteiger partial charge in [-0.25, -0.2) is 4.79 Å². The molecular weight excluding hydrogens is 102 g/mol. The Morgan fingerprint density at radius 2 is 2.38 bits per heavy atom. The molecule has 0 fully saturated rings. The van der Waals surface area contributed by atoms with Gasteiger partial charge in [0.2, 0.25) is 6.08 Å². The maximum atomic E-state index is 9.56. The van der Waals surface area contributed by atoms with Gasteiger partial charge in [0.05, 0.1) is 6.04 Å². The van der Waals surface area contributed by atoms with E-state index in [4.69, 9.17) is 0 Å². The molecule has 0 aliphatic heterocycles. The highest BCUT2D eigenvalue weighted by molar-refractivity contribution is 5.34. The molecule has 0 rings (SSSR count). The second-order valence-electron chi connectivity index (χ2n) is 1.49. The molecule has 0 amide bonds. The molecule has 2 heteroatoms. The largest absolute Gasteiger partial charge is 0.235 e. The molecule has 0 aliphatic rings. The van der Waals surface area contributed by atoms with E-state index in [1.165, 1.54) is 6.08 Å². The molecule has 1 unspecified atom stereocenters. The van der Waals surface area contributed by atoms with Gasteiger partial charge in [0, 0.05) is 0 Å². The number of nitrogens with zero attached hydrogens (tertiary/aromatic N) is 1. The van der Waals surface area contributed by atoms with E-state index in [-0.39, 0.29) is 6.04 Å². The lowest BCUT2D eigenvalue weighted by Crippen LogP contribution is -1.88. The predicted molar refractivity (Wildman–Crippen MR) is 32.4 cm³/mol. The standard InChI is InChI=1S/C6H9NO/c1-3-4-6(2)7-5-8/h3-4,6H,1-2H3/b4-3-. The van der Waals surface area contributed by atoms with Crippen molar-refractivity contribution in [1.82, 2.24) is 0 Å². The summed E-state index contributed by atoms with van der Waals surface area (Å²) < 4.78 is 0. The van der Waals surface area contributed by atoms with Gasteiger partial charge in [0.25, 0.3) is 0 Å². The normalized spacial score (nSPS) is 13.2. The second-order valence-corrected chi connectivity index (χ2v) is 1.49. The van der Waals surface area contributed by atoms with Crippen LogP contribution >= 0.6 is 0 Å². The van der Waals surface area contributed by atoms with Crippen LogP contribution in [0.25, 0.3) is 0 Å². The third-order valence-electron chi connectivity index (χ3n) is 0.727. The minimum atomic E-state index is -0.0162. The maximum absolute atomic E-state index is 9.56. The number of aliphatic imine (C=N–C) groups is 1. The minimum absolute atomic E-state index is 0.0162. The van der Waals surface area contributed by atoms with Gasteiger partial charge in [-0.1, -0.05) is 12.2 Å². The zero-order valence-corrected chi connectivity index (χ0v) is 5.09. The van der Waals surface area contributed by atoms with Crippen LogP contribution in [0.15, 0.2) is 17.1 Å². The summed E-state index contributed by atoms with van der Waals surface area (Å²) >= 11 is 0. The van der Waals surface area contributed by atoms with E-state index in [0.29, 0.717) is 0 Å². The summed E-state index contributed by atoms with van der Waals surface area (Å²) in [6.07, 6.45) is 5.15. The molecule has 0 bridgehead atoms. The van der Waals surface area contributed by atoms with Crippen molar-refractivity contribution >= 4 is 6.08 Å². The lowest BCUT2D eigenvalue weighted by Gasteiger charge is -1.88. The number of hydrogen-bond acceptors (Lipinski definition) is 2. The molecule has 44 valence electrons. The minimum Gasteiger partial charge on any atom is -0.211 e. The van der Waals surface area contributed by atoms with Gasteiger partial charge in [-0.15, -0.1) is 0 Å². The topological polar surface area (TPSA) is 29.4 Å². The molecule has 8 heavy (non-hydrogen) atoms. The molecule has 0 saturated heterocycles. The van der Waals surface area contributed by atoms with Crippen LogP contribution in [-0.2, 0) is 4.79 Å². The molecule has 0 radical (unpaired) electrons. The molecule has 0 heterocycles. The van der Waals surface area contributed by atoms with Crippen LogP contribution in [-0.4, -0.2) is 12.1 Å². The summed E-state index contributed by atoms with van der Waals surface area (Å²) in [5.41, 5.74) is 0. The second kappa shape index (κ2) is 4.28. The third-order valence-corrected chi connectivity index (χ3v) is 0.727. The fourth-order valence-electron chi connectivity index (χ4n) is 0.405. The lowest BCUT2D eigenvalue weighted by atomic mass is 10.3. The Morgan fingerprint density at radius 3 is 2.75 bits per heavy atom. The average Bonchev–Trinajstić information content (AvgIpc) is 1.68. The summed E-state index contributed by atoms with van der Waals surface area (Å²) in [4.78, 5) is 13.0. The first-order valence-electron chi connectivity index (χ1n) is 2.51. The smallest absolute Gasteiger partial charge is 0.211 e. The van der Waals surface area contributed by atoms with Crippen LogP contribution in [0.3, 0.4) is 0 Å². The summed E-state index contributed by atoms with van der Waals surface area (Å²) in [5.74, 6) is 0. The molecule has 0 aromatic carbocycles. The Bertz CT molecular complexity index is 122. The highest BCUT2D eigenvalue weighted by Gasteiger charge is 1.85. The van der Waals surface area contributed by atoms with Gasteiger partial charge in [-0.05, 0) is 13.8 Å². The van der Waals surface area contributed by atoms with Gasteiger partial charge >= 0.3 is 0 Å². The molecule has 0 aliphatic carbocycles. The van der Waals surface area contributed by atoms with E-state index in [0.717, 1.165) is 0 Å². The van der Waals surface area contributed by atoms with Crippen LogP contribution in [0.5, 0.6) is 0 Å². The van der Waals surface area contributed by atoms with E-state index >= 15 is 0 Å². The Kier molecular flexibility index (Phi) is 3.81. The summed E-state index contributed by atoms with van der Waals surface area (Å²) in [6, 6.07) is -0.0162. The molecule has 0 aromatic heterocycles. The average molecular weight is 111 g/mol. The number of carbonyl (C=O) groups excluding carboxylic acids is 1. The fourth-order valence-corrected chi connectivity index (χ4v) is 0.405. The van der Waals surface area contributed by atoms with Gasteiger partial charge < -0.3 is 0 Å². The monoisotopic (exact) mass is 111 g/mol. The maximum Gasteiger partial charge on any atom is 0.235 e. The van der Waals surface area contributed by atoms with Crippen LogP contribution in [0.4, 0.5) is 0 Å². The van der Waals surface area contributed by atoms with E-state index < -0.39 is 0 Å². The Morgan fingerprint density at radius 1 is 1.75 bits per heavy atom. The zero-order chi connectivity index (χ0) is 6.41. The van der Waals surface area contributed by atoms with Crippen molar-refractivity contribution in [3.8, 4) is 0 Å². The van der Waals surface area contributed by atoms with E-state index in [1.54, 1.807) is 0 Å². The van der Waals surface area contributed by atoms with Crippen molar-refractivity contribution in [1.29, 1.82) is 0 Å². The number of hydrogen-bond donors (Lipinski definition) is 0. The molecule has 0 N–H and O–H groups in total. The van der Waals surface area contributed by atoms with Crippen molar-refractivity contribution in [3.05, 3.63) is 12.2 Å². The van der Waals surface area contributed by atoms with Crippen molar-refractivity contribution in [2.24, 2.45) is 4.99 Å². The lowest BCUT2D eigenvalue weighted by molar-refractivity contribution is 0.561. The van der Waals surface area contributed by atoms with E-state index in [1.807, 2.05) is 26.0 Å². The van der Waals surface area contributed by atoms with Gasteiger partial charge in [0.15, 0.2) is 0 Å². The highest BCUT2D eigenvalue weighted by Crippen LogP contribution is 1.87. The quantitative estimate of drug-likeness (QED) is 0.300. The molecule has 0 spiro atoms. The number of allylic oxidation sites excluding steroid dienone is 1. The van der Waals surface area contributed by atoms with Gasteiger partial charge in [-0.2, -0.15) is 4.99 Å². The van der Waals surface area contributed by atoms with Gasteiger partial charge in [0.1, 0.15) is 0 Å². The Labute approximate surface area is 48.9 Å². The summed E-state index contributed by atoms with van der Waals surface area (Å²) in [6.45, 7) is 3.71. The zero-order valence-electron chi connectivity index (χ0n) is 5.09. The molecule has 0 saturated carbocycles. The SMILES string of the molecule is C/C=C\C(C)N=C=O. The van der Waals surface area contributed by atoms with E-state index in [9.17, 15) is 4.79 Å². The van der Waals surface area contributed by atoms with E-state index in [2.05, 4.69) is 4.99 Å². The first kappa shape index (κ1) is 7.12. The van der Waals surface area contributed by atoms with Crippen molar-refractivity contribution in [2.45, 2.75) is 19.9 Å².